The molecule has 1 aliphatic heterocycles. The average molecular weight is 335 g/mol. The summed E-state index contributed by atoms with van der Waals surface area (Å²) < 4.78 is 10.6. The second kappa shape index (κ2) is 7.04. The third-order valence-electron chi connectivity index (χ3n) is 4.24. The zero-order valence-electron chi connectivity index (χ0n) is 13.7. The normalized spacial score (nSPS) is 30.5. The van der Waals surface area contributed by atoms with Crippen LogP contribution < -0.4 is 5.73 Å². The first kappa shape index (κ1) is 19.0. The van der Waals surface area contributed by atoms with Crippen molar-refractivity contribution in [2.45, 2.75) is 58.2 Å². The van der Waals surface area contributed by atoms with E-state index in [0.717, 1.165) is 12.8 Å². The summed E-state index contributed by atoms with van der Waals surface area (Å²) >= 11 is 0. The van der Waals surface area contributed by atoms with Crippen LogP contribution in [0.5, 0.6) is 0 Å². The number of carbonyl (C=O) groups is 2. The number of nitrogens with zero attached hydrogens (tertiary/aromatic N) is 1. The summed E-state index contributed by atoms with van der Waals surface area (Å²) in [6.07, 6.45) is 1.30. The monoisotopic (exact) mass is 334 g/mol. The van der Waals surface area contributed by atoms with Crippen molar-refractivity contribution in [3.05, 3.63) is 0 Å². The van der Waals surface area contributed by atoms with Crippen molar-refractivity contribution in [2.75, 3.05) is 13.2 Å². The van der Waals surface area contributed by atoms with Gasteiger partial charge in [0.05, 0.1) is 6.61 Å². The Bertz CT molecular complexity index is 424. The van der Waals surface area contributed by atoms with E-state index in [1.807, 2.05) is 20.8 Å². The molecule has 4 atom stereocenters. The van der Waals surface area contributed by atoms with Gasteiger partial charge in [-0.15, -0.1) is 12.4 Å². The van der Waals surface area contributed by atoms with Crippen LogP contribution in [-0.4, -0.2) is 47.8 Å². The van der Waals surface area contributed by atoms with E-state index in [0.29, 0.717) is 13.2 Å². The van der Waals surface area contributed by atoms with E-state index in [2.05, 4.69) is 0 Å². The molecule has 22 heavy (non-hydrogen) atoms. The highest BCUT2D eigenvalue weighted by atomic mass is 35.5. The summed E-state index contributed by atoms with van der Waals surface area (Å²) in [4.78, 5) is 26.1. The standard InChI is InChI=1S/C15H26N2O4.ClH/c1-5-20-13(18)12-9-6-7-11(16)10(9)8-17(12)14(19)21-15(2,3)4;/h9-12H,5-8,16H2,1-4H3;1H/t9-,10-,11-,12-;/m0./s1. The van der Waals surface area contributed by atoms with Crippen molar-refractivity contribution in [3.63, 3.8) is 0 Å². The Morgan fingerprint density at radius 1 is 1.23 bits per heavy atom. The van der Waals surface area contributed by atoms with Crippen molar-refractivity contribution < 1.29 is 19.1 Å². The van der Waals surface area contributed by atoms with E-state index in [-0.39, 0.29) is 36.3 Å². The van der Waals surface area contributed by atoms with Gasteiger partial charge in [-0.05, 0) is 52.4 Å². The third kappa shape index (κ3) is 3.84. The number of amides is 1. The summed E-state index contributed by atoms with van der Waals surface area (Å²) in [5.74, 6) is -0.0940. The van der Waals surface area contributed by atoms with Gasteiger partial charge in [0.15, 0.2) is 0 Å². The number of ether oxygens (including phenoxy) is 2. The lowest BCUT2D eigenvalue weighted by molar-refractivity contribution is -0.149. The Balaban J connectivity index is 0.00000242. The Hall–Kier alpha value is -1.01. The van der Waals surface area contributed by atoms with E-state index in [4.69, 9.17) is 15.2 Å². The number of nitrogens with two attached hydrogens (primary N) is 1. The third-order valence-corrected chi connectivity index (χ3v) is 4.24. The number of esters is 1. The van der Waals surface area contributed by atoms with Crippen molar-refractivity contribution in [3.8, 4) is 0 Å². The maximum atomic E-state index is 12.4. The molecule has 1 saturated heterocycles. The Labute approximate surface area is 138 Å². The van der Waals surface area contributed by atoms with E-state index in [1.54, 1.807) is 6.92 Å². The maximum Gasteiger partial charge on any atom is 0.411 e. The highest BCUT2D eigenvalue weighted by Crippen LogP contribution is 2.42. The Morgan fingerprint density at radius 3 is 2.41 bits per heavy atom. The number of carbonyl (C=O) groups excluding carboxylic acids is 2. The van der Waals surface area contributed by atoms with E-state index >= 15 is 0 Å². The van der Waals surface area contributed by atoms with Gasteiger partial charge in [0, 0.05) is 12.6 Å². The molecule has 2 aliphatic rings. The zero-order valence-corrected chi connectivity index (χ0v) is 14.5. The topological polar surface area (TPSA) is 81.9 Å². The van der Waals surface area contributed by atoms with Crippen LogP contribution in [0.15, 0.2) is 0 Å². The summed E-state index contributed by atoms with van der Waals surface area (Å²) in [6, 6.07) is -0.516. The Morgan fingerprint density at radius 2 is 1.86 bits per heavy atom. The Kier molecular flexibility index (Phi) is 6.10. The molecular weight excluding hydrogens is 308 g/mol. The summed E-state index contributed by atoms with van der Waals surface area (Å²) in [7, 11) is 0. The summed E-state index contributed by atoms with van der Waals surface area (Å²) in [6.45, 7) is 7.99. The van der Waals surface area contributed by atoms with Crippen LogP contribution in [0.1, 0.15) is 40.5 Å². The molecule has 2 rings (SSSR count). The van der Waals surface area contributed by atoms with Crippen LogP contribution in [0.3, 0.4) is 0 Å². The molecule has 0 radical (unpaired) electrons. The molecule has 1 amide bonds. The number of rotatable bonds is 2. The van der Waals surface area contributed by atoms with Crippen LogP contribution in [0.25, 0.3) is 0 Å². The first-order chi connectivity index (χ1) is 9.74. The van der Waals surface area contributed by atoms with Crippen molar-refractivity contribution in [1.29, 1.82) is 0 Å². The van der Waals surface area contributed by atoms with Gasteiger partial charge in [-0.3, -0.25) is 4.90 Å². The molecule has 1 aliphatic carbocycles. The van der Waals surface area contributed by atoms with Gasteiger partial charge in [-0.25, -0.2) is 9.59 Å². The van der Waals surface area contributed by atoms with Gasteiger partial charge in [-0.2, -0.15) is 0 Å². The molecule has 0 unspecified atom stereocenters. The molecular formula is C15H27ClN2O4. The molecule has 0 aromatic carbocycles. The lowest BCUT2D eigenvalue weighted by Gasteiger charge is -2.29. The molecule has 2 fully saturated rings. The molecule has 1 heterocycles. The molecule has 2 N–H and O–H groups in total. The van der Waals surface area contributed by atoms with Gasteiger partial charge in [0.25, 0.3) is 0 Å². The fraction of sp³-hybridized carbons (Fsp3) is 0.867. The molecule has 0 bridgehead atoms. The van der Waals surface area contributed by atoms with Crippen molar-refractivity contribution in [2.24, 2.45) is 17.6 Å². The van der Waals surface area contributed by atoms with Crippen LogP contribution in [0.2, 0.25) is 0 Å². The minimum absolute atomic E-state index is 0. The lowest BCUT2D eigenvalue weighted by atomic mass is 9.93. The van der Waals surface area contributed by atoms with Crippen LogP contribution in [0, 0.1) is 11.8 Å². The molecule has 6 nitrogen and oxygen atoms in total. The average Bonchev–Trinajstić information content (AvgIpc) is 2.88. The highest BCUT2D eigenvalue weighted by Gasteiger charge is 2.53. The number of likely N-dealkylation sites (tertiary alicyclic amines) is 1. The van der Waals surface area contributed by atoms with Gasteiger partial charge in [0.1, 0.15) is 11.6 Å². The molecule has 1 saturated carbocycles. The summed E-state index contributed by atoms with van der Waals surface area (Å²) in [5, 5.41) is 0. The number of hydrogen-bond acceptors (Lipinski definition) is 5. The second-order valence-corrected chi connectivity index (χ2v) is 6.90. The number of hydrogen-bond donors (Lipinski definition) is 1. The van der Waals surface area contributed by atoms with Gasteiger partial charge in [-0.1, -0.05) is 0 Å². The first-order valence-corrected chi connectivity index (χ1v) is 7.66. The smallest absolute Gasteiger partial charge is 0.411 e. The predicted octanol–water partition coefficient (Wildman–Crippen LogP) is 1.94. The quantitative estimate of drug-likeness (QED) is 0.780. The van der Waals surface area contributed by atoms with Gasteiger partial charge < -0.3 is 15.2 Å². The fourth-order valence-electron chi connectivity index (χ4n) is 3.40. The van der Waals surface area contributed by atoms with Gasteiger partial charge >= 0.3 is 12.1 Å². The second-order valence-electron chi connectivity index (χ2n) is 6.90. The molecule has 128 valence electrons. The molecule has 0 aromatic heterocycles. The molecule has 0 aromatic rings. The van der Waals surface area contributed by atoms with E-state index in [9.17, 15) is 9.59 Å². The van der Waals surface area contributed by atoms with Crippen molar-refractivity contribution in [1.82, 2.24) is 4.90 Å². The fourth-order valence-corrected chi connectivity index (χ4v) is 3.40. The van der Waals surface area contributed by atoms with E-state index in [1.165, 1.54) is 4.90 Å². The van der Waals surface area contributed by atoms with Crippen LogP contribution in [0.4, 0.5) is 4.79 Å². The molecule has 0 spiro atoms. The largest absolute Gasteiger partial charge is 0.464 e. The van der Waals surface area contributed by atoms with Crippen molar-refractivity contribution >= 4 is 24.5 Å². The summed E-state index contributed by atoms with van der Waals surface area (Å²) in [5.41, 5.74) is 5.53. The van der Waals surface area contributed by atoms with E-state index < -0.39 is 17.7 Å². The SMILES string of the molecule is CCOC(=O)[C@@H]1[C@H]2CC[C@H](N)[C@H]2CN1C(=O)OC(C)(C)C.Cl. The minimum atomic E-state index is -0.587. The maximum absolute atomic E-state index is 12.4. The highest BCUT2D eigenvalue weighted by molar-refractivity contribution is 5.85. The van der Waals surface area contributed by atoms with Gasteiger partial charge in [0.2, 0.25) is 0 Å². The predicted molar refractivity (Wildman–Crippen MR) is 84.8 cm³/mol. The number of fused-ring (bicyclic) bond motifs is 1. The lowest BCUT2D eigenvalue weighted by Crippen LogP contribution is -2.46. The molecule has 7 heteroatoms. The number of halogens is 1. The first-order valence-electron chi connectivity index (χ1n) is 7.66. The van der Waals surface area contributed by atoms with Crippen LogP contribution >= 0.6 is 12.4 Å². The minimum Gasteiger partial charge on any atom is -0.464 e. The zero-order chi connectivity index (χ0) is 15.8. The van der Waals surface area contributed by atoms with Crippen LogP contribution in [-0.2, 0) is 14.3 Å².